The molecule has 3 heteroatoms. The third-order valence-corrected chi connectivity index (χ3v) is 1.03. The first-order valence-electron chi connectivity index (χ1n) is 3.12. The molecule has 0 heterocycles. The van der Waals surface area contributed by atoms with Crippen LogP contribution < -0.4 is 0 Å². The highest BCUT2D eigenvalue weighted by atomic mass is 32.1. The van der Waals surface area contributed by atoms with Gasteiger partial charge >= 0.3 is 0 Å². The summed E-state index contributed by atoms with van der Waals surface area (Å²) in [5, 5.41) is 7.94. The summed E-state index contributed by atoms with van der Waals surface area (Å²) in [6, 6.07) is 1.85. The minimum atomic E-state index is 0.481. The molecule has 0 saturated heterocycles. The average molecular weight is 169 g/mol. The molecule has 0 spiro atoms. The van der Waals surface area contributed by atoms with Crippen molar-refractivity contribution in [2.45, 2.75) is 20.3 Å². The molecule has 0 unspecified atom stereocenters. The Hall–Kier alpha value is -1.01. The third-order valence-electron chi connectivity index (χ3n) is 0.647. The van der Waals surface area contributed by atoms with E-state index in [1.54, 1.807) is 6.92 Å². The van der Waals surface area contributed by atoms with E-state index in [-0.39, 0.29) is 0 Å². The third kappa shape index (κ3) is 17.6. The number of thiocarbonyl (C=S) groups is 1. The minimum Gasteiger partial charge on any atom is -0.298 e. The summed E-state index contributed by atoms with van der Waals surface area (Å²) in [4.78, 5) is 9.89. The summed E-state index contributed by atoms with van der Waals surface area (Å²) in [5.41, 5.74) is 0.574. The molecule has 0 aromatic carbocycles. The van der Waals surface area contributed by atoms with Crippen LogP contribution in [0.1, 0.15) is 20.3 Å². The van der Waals surface area contributed by atoms with Gasteiger partial charge in [-0.05, 0) is 18.9 Å². The predicted octanol–water partition coefficient (Wildman–Crippen LogP) is 2.05. The lowest BCUT2D eigenvalue weighted by Gasteiger charge is -1.73. The number of allylic oxidation sites excluding steroid dienone is 1. The molecule has 0 aliphatic carbocycles. The largest absolute Gasteiger partial charge is 0.298 e. The molecule has 0 radical (unpaired) electrons. The van der Waals surface area contributed by atoms with Gasteiger partial charge in [0.2, 0.25) is 0 Å². The number of nitriles is 1. The van der Waals surface area contributed by atoms with E-state index in [0.29, 0.717) is 16.9 Å². The Balaban J connectivity index is 0. The summed E-state index contributed by atoms with van der Waals surface area (Å²) in [7, 11) is 0. The lowest BCUT2D eigenvalue weighted by atomic mass is 10.4. The van der Waals surface area contributed by atoms with E-state index < -0.39 is 0 Å². The van der Waals surface area contributed by atoms with Crippen LogP contribution >= 0.6 is 12.2 Å². The monoisotopic (exact) mass is 169 g/mol. The van der Waals surface area contributed by atoms with Crippen molar-refractivity contribution in [2.24, 2.45) is 0 Å². The topological polar surface area (TPSA) is 40.9 Å². The van der Waals surface area contributed by atoms with Crippen molar-refractivity contribution in [1.29, 1.82) is 5.26 Å². The first-order valence-corrected chi connectivity index (χ1v) is 3.52. The average Bonchev–Trinajstić information content (AvgIpc) is 2.04. The summed E-state index contributed by atoms with van der Waals surface area (Å²) in [5.74, 6) is 0. The maximum atomic E-state index is 9.41. The highest BCUT2D eigenvalue weighted by molar-refractivity contribution is 7.80. The number of carbonyl (C=O) groups excluding carboxylic acids is 1. The SMILES string of the molecule is C=C(C)C=O.CCC(=S)C#N. The standard InChI is InChI=1S/C4H5NS.C4H6O/c1-2-4(6)3-5;1-4(2)3-5/h2H2,1H3;3H,1H2,2H3. The molecule has 60 valence electrons. The van der Waals surface area contributed by atoms with Crippen molar-refractivity contribution >= 4 is 23.4 Å². The summed E-state index contributed by atoms with van der Waals surface area (Å²) in [6.45, 7) is 6.83. The molecule has 0 N–H and O–H groups in total. The van der Waals surface area contributed by atoms with Crippen molar-refractivity contribution in [1.82, 2.24) is 0 Å². The molecule has 0 saturated carbocycles. The van der Waals surface area contributed by atoms with Crippen LogP contribution in [0.25, 0.3) is 0 Å². The van der Waals surface area contributed by atoms with Gasteiger partial charge in [-0.2, -0.15) is 5.26 Å². The predicted molar refractivity (Wildman–Crippen MR) is 49.4 cm³/mol. The van der Waals surface area contributed by atoms with E-state index in [0.717, 1.165) is 6.29 Å². The summed E-state index contributed by atoms with van der Waals surface area (Å²) < 4.78 is 0. The van der Waals surface area contributed by atoms with Gasteiger partial charge < -0.3 is 0 Å². The quantitative estimate of drug-likeness (QED) is 0.361. The van der Waals surface area contributed by atoms with Gasteiger partial charge in [0.05, 0.1) is 4.86 Å². The van der Waals surface area contributed by atoms with Crippen LogP contribution in [-0.2, 0) is 4.79 Å². The van der Waals surface area contributed by atoms with E-state index in [2.05, 4.69) is 18.8 Å². The summed E-state index contributed by atoms with van der Waals surface area (Å²) in [6.07, 6.45) is 1.42. The second-order valence-electron chi connectivity index (χ2n) is 1.85. The molecular formula is C8H11NOS. The van der Waals surface area contributed by atoms with Gasteiger partial charge in [-0.15, -0.1) is 0 Å². The fraction of sp³-hybridized carbons (Fsp3) is 0.375. The van der Waals surface area contributed by atoms with Crippen molar-refractivity contribution in [3.63, 3.8) is 0 Å². The van der Waals surface area contributed by atoms with Crippen LogP contribution in [0.2, 0.25) is 0 Å². The van der Waals surface area contributed by atoms with Gasteiger partial charge in [0.1, 0.15) is 12.4 Å². The molecular weight excluding hydrogens is 158 g/mol. The first-order chi connectivity index (χ1) is 5.08. The molecule has 0 aromatic heterocycles. The zero-order valence-corrected chi connectivity index (χ0v) is 7.57. The first kappa shape index (κ1) is 12.6. The minimum absolute atomic E-state index is 0.481. The van der Waals surface area contributed by atoms with Gasteiger partial charge in [-0.1, -0.05) is 25.7 Å². The van der Waals surface area contributed by atoms with E-state index in [9.17, 15) is 4.79 Å². The number of carbonyl (C=O) groups is 1. The van der Waals surface area contributed by atoms with Gasteiger partial charge in [0.25, 0.3) is 0 Å². The Morgan fingerprint density at radius 2 is 2.18 bits per heavy atom. The maximum Gasteiger partial charge on any atom is 0.145 e. The Kier molecular flexibility index (Phi) is 10.3. The molecule has 2 nitrogen and oxygen atoms in total. The molecule has 0 atom stereocenters. The summed E-state index contributed by atoms with van der Waals surface area (Å²) >= 11 is 4.50. The maximum absolute atomic E-state index is 9.41. The Morgan fingerprint density at radius 3 is 2.18 bits per heavy atom. The number of hydrogen-bond donors (Lipinski definition) is 0. The second-order valence-corrected chi connectivity index (χ2v) is 2.35. The van der Waals surface area contributed by atoms with Gasteiger partial charge in [0.15, 0.2) is 0 Å². The van der Waals surface area contributed by atoms with E-state index in [1.807, 2.05) is 13.0 Å². The lowest BCUT2D eigenvalue weighted by Crippen LogP contribution is -1.80. The van der Waals surface area contributed by atoms with E-state index in [4.69, 9.17) is 5.26 Å². The van der Waals surface area contributed by atoms with Crippen molar-refractivity contribution < 1.29 is 4.79 Å². The molecule has 11 heavy (non-hydrogen) atoms. The molecule has 0 amide bonds. The Labute approximate surface area is 72.5 Å². The number of hydrogen-bond acceptors (Lipinski definition) is 3. The number of rotatable bonds is 2. The molecule has 0 aliphatic rings. The molecule has 0 bridgehead atoms. The fourth-order valence-electron chi connectivity index (χ4n) is 0.0791. The molecule has 0 rings (SSSR count). The van der Waals surface area contributed by atoms with Crippen LogP contribution in [0.3, 0.4) is 0 Å². The van der Waals surface area contributed by atoms with Crippen LogP contribution in [0.4, 0.5) is 0 Å². The lowest BCUT2D eigenvalue weighted by molar-refractivity contribution is -0.104. The van der Waals surface area contributed by atoms with E-state index in [1.165, 1.54) is 0 Å². The second kappa shape index (κ2) is 8.99. The zero-order chi connectivity index (χ0) is 9.28. The van der Waals surface area contributed by atoms with Gasteiger partial charge in [0, 0.05) is 0 Å². The highest BCUT2D eigenvalue weighted by Gasteiger charge is 1.80. The fourth-order valence-corrected chi connectivity index (χ4v) is 0.0791. The van der Waals surface area contributed by atoms with E-state index >= 15 is 0 Å². The number of nitrogens with zero attached hydrogens (tertiary/aromatic N) is 1. The van der Waals surface area contributed by atoms with Crippen molar-refractivity contribution in [3.8, 4) is 6.07 Å². The van der Waals surface area contributed by atoms with Crippen LogP contribution in [0.15, 0.2) is 12.2 Å². The van der Waals surface area contributed by atoms with Crippen molar-refractivity contribution in [3.05, 3.63) is 12.2 Å². The van der Waals surface area contributed by atoms with Crippen molar-refractivity contribution in [2.75, 3.05) is 0 Å². The number of aldehydes is 1. The van der Waals surface area contributed by atoms with Gasteiger partial charge in [-0.25, -0.2) is 0 Å². The van der Waals surface area contributed by atoms with Gasteiger partial charge in [-0.3, -0.25) is 4.79 Å². The molecule has 0 aromatic rings. The van der Waals surface area contributed by atoms with Crippen LogP contribution in [0.5, 0.6) is 0 Å². The molecule has 0 aliphatic heterocycles. The smallest absolute Gasteiger partial charge is 0.145 e. The van der Waals surface area contributed by atoms with Crippen LogP contribution in [-0.4, -0.2) is 11.2 Å². The normalized spacial score (nSPS) is 6.64. The highest BCUT2D eigenvalue weighted by Crippen LogP contribution is 1.78. The zero-order valence-electron chi connectivity index (χ0n) is 6.76. The Bertz CT molecular complexity index is 191. The molecule has 0 fully saturated rings. The Morgan fingerprint density at radius 1 is 1.82 bits per heavy atom. The van der Waals surface area contributed by atoms with Crippen LogP contribution in [0, 0.1) is 11.3 Å².